The molecule has 11 heteroatoms. The lowest BCUT2D eigenvalue weighted by Crippen LogP contribution is -2.60. The van der Waals surface area contributed by atoms with Crippen LogP contribution in [0, 0.1) is 0 Å². The lowest BCUT2D eigenvalue weighted by atomic mass is 9.99. The second kappa shape index (κ2) is 62.7. The molecule has 0 bridgehead atoms. The molecule has 7 atom stereocenters. The minimum absolute atomic E-state index is 0.0147. The number of ether oxygens (including phenoxy) is 3. The second-order valence-corrected chi connectivity index (χ2v) is 25.7. The Morgan fingerprint density at radius 3 is 1.14 bits per heavy atom. The lowest BCUT2D eigenvalue weighted by Gasteiger charge is -2.40. The molecule has 11 nitrogen and oxygen atoms in total. The van der Waals surface area contributed by atoms with Gasteiger partial charge in [-0.25, -0.2) is 0 Å². The third-order valence-corrected chi connectivity index (χ3v) is 17.6. The Kier molecular flexibility index (Phi) is 59.9. The molecule has 1 aliphatic heterocycles. The van der Waals surface area contributed by atoms with Crippen molar-refractivity contribution < 1.29 is 49.3 Å². The van der Waals surface area contributed by atoms with Gasteiger partial charge in [-0.15, -0.1) is 0 Å². The van der Waals surface area contributed by atoms with Crippen LogP contribution in [-0.2, 0) is 23.8 Å². The van der Waals surface area contributed by atoms with Gasteiger partial charge in [0.05, 0.1) is 32.0 Å². The van der Waals surface area contributed by atoms with Gasteiger partial charge in [-0.3, -0.25) is 9.59 Å². The van der Waals surface area contributed by atoms with E-state index in [1.165, 1.54) is 289 Å². The summed E-state index contributed by atoms with van der Waals surface area (Å²) in [7, 11) is 0. The molecule has 0 aromatic rings. The number of hydrogen-bond acceptors (Lipinski definition) is 10. The molecule has 0 radical (unpaired) electrons. The van der Waals surface area contributed by atoms with Crippen LogP contribution >= 0.6 is 0 Å². The Labute approximate surface area is 518 Å². The minimum atomic E-state index is -1.57. The van der Waals surface area contributed by atoms with E-state index < -0.39 is 49.5 Å². The van der Waals surface area contributed by atoms with E-state index in [0.29, 0.717) is 19.4 Å². The Morgan fingerprint density at radius 1 is 0.429 bits per heavy atom. The molecule has 0 aliphatic carbocycles. The largest absolute Gasteiger partial charge is 0.466 e. The Balaban J connectivity index is 1.89. The first kappa shape index (κ1) is 80.2. The van der Waals surface area contributed by atoms with E-state index in [1.807, 2.05) is 6.08 Å². The number of hydrogen-bond donors (Lipinski definition) is 6. The summed E-state index contributed by atoms with van der Waals surface area (Å²) in [6.07, 6.45) is 69.2. The summed E-state index contributed by atoms with van der Waals surface area (Å²) in [4.78, 5) is 25.1. The average molecular weight is 1190 g/mol. The summed E-state index contributed by atoms with van der Waals surface area (Å²) in [5.74, 6) is -0.164. The van der Waals surface area contributed by atoms with Gasteiger partial charge in [0.15, 0.2) is 6.29 Å². The van der Waals surface area contributed by atoms with Crippen LogP contribution in [0.1, 0.15) is 367 Å². The highest BCUT2D eigenvalue weighted by Crippen LogP contribution is 2.23. The molecule has 0 aromatic carbocycles. The Hall–Kier alpha value is -1.86. The number of esters is 1. The molecule has 6 N–H and O–H groups in total. The van der Waals surface area contributed by atoms with Gasteiger partial charge in [-0.1, -0.05) is 321 Å². The molecule has 1 heterocycles. The molecule has 1 amide bonds. The molecule has 7 unspecified atom stereocenters. The van der Waals surface area contributed by atoms with Crippen molar-refractivity contribution in [1.29, 1.82) is 0 Å². The van der Waals surface area contributed by atoms with Crippen molar-refractivity contribution in [3.05, 3.63) is 24.3 Å². The molecular weight excluding hydrogens is 1050 g/mol. The molecule has 84 heavy (non-hydrogen) atoms. The van der Waals surface area contributed by atoms with E-state index in [4.69, 9.17) is 14.2 Å². The van der Waals surface area contributed by atoms with Crippen LogP contribution in [0.4, 0.5) is 0 Å². The van der Waals surface area contributed by atoms with E-state index in [1.54, 1.807) is 6.08 Å². The molecule has 1 rings (SSSR count). The number of carbonyl (C=O) groups is 2. The van der Waals surface area contributed by atoms with Crippen molar-refractivity contribution in [2.45, 2.75) is 410 Å². The van der Waals surface area contributed by atoms with Crippen LogP contribution < -0.4 is 5.32 Å². The van der Waals surface area contributed by atoms with Crippen molar-refractivity contribution in [3.63, 3.8) is 0 Å². The van der Waals surface area contributed by atoms with Gasteiger partial charge in [0.25, 0.3) is 0 Å². The zero-order valence-electron chi connectivity index (χ0n) is 55.1. The van der Waals surface area contributed by atoms with E-state index in [2.05, 4.69) is 31.3 Å². The Bertz CT molecular complexity index is 1440. The topological polar surface area (TPSA) is 175 Å². The maximum atomic E-state index is 13.0. The Morgan fingerprint density at radius 2 is 0.762 bits per heavy atom. The van der Waals surface area contributed by atoms with Crippen molar-refractivity contribution in [3.8, 4) is 0 Å². The number of unbranched alkanes of at least 4 members (excludes halogenated alkanes) is 49. The smallest absolute Gasteiger partial charge is 0.305 e. The molecular formula is C73H139NO10. The fourth-order valence-corrected chi connectivity index (χ4v) is 11.8. The highest BCUT2D eigenvalue weighted by atomic mass is 16.7. The molecule has 1 saturated heterocycles. The molecule has 1 fully saturated rings. The zero-order chi connectivity index (χ0) is 60.9. The van der Waals surface area contributed by atoms with Crippen molar-refractivity contribution >= 4 is 11.9 Å². The van der Waals surface area contributed by atoms with Crippen LogP contribution in [0.25, 0.3) is 0 Å². The number of rotatable bonds is 65. The van der Waals surface area contributed by atoms with Crippen LogP contribution in [0.3, 0.4) is 0 Å². The van der Waals surface area contributed by atoms with Gasteiger partial charge >= 0.3 is 5.97 Å². The number of aliphatic hydroxyl groups is 5. The summed E-state index contributed by atoms with van der Waals surface area (Å²) in [5, 5.41) is 54.3. The lowest BCUT2D eigenvalue weighted by molar-refractivity contribution is -0.302. The molecule has 0 spiro atoms. The molecule has 0 saturated carbocycles. The van der Waals surface area contributed by atoms with E-state index in [0.717, 1.165) is 51.4 Å². The third-order valence-electron chi connectivity index (χ3n) is 17.6. The SMILES string of the molecule is CCCCCCCCC/C=C/C(O)C(COC1OC(CO)C(O)C(O)C1O)NC(=O)CCCCCCCCCCCCCCCCCCC/C=C\CCCCCCCCCCCCCCCCOC(=O)CCCCCCCCCCCCCC. The molecule has 1 aliphatic rings. The monoisotopic (exact) mass is 1190 g/mol. The minimum Gasteiger partial charge on any atom is -0.466 e. The predicted octanol–water partition coefficient (Wildman–Crippen LogP) is 18.8. The third kappa shape index (κ3) is 51.1. The maximum absolute atomic E-state index is 13.0. The van der Waals surface area contributed by atoms with Gasteiger partial charge in [0.2, 0.25) is 5.91 Å². The fourth-order valence-electron chi connectivity index (χ4n) is 11.8. The van der Waals surface area contributed by atoms with Gasteiger partial charge in [-0.05, 0) is 57.8 Å². The van der Waals surface area contributed by atoms with Crippen LogP contribution in [-0.4, -0.2) is 100 Å². The quantitative estimate of drug-likeness (QED) is 0.0195. The van der Waals surface area contributed by atoms with E-state index >= 15 is 0 Å². The molecule has 0 aromatic heterocycles. The number of allylic oxidation sites excluding steroid dienone is 3. The van der Waals surface area contributed by atoms with Crippen molar-refractivity contribution in [2.24, 2.45) is 0 Å². The summed E-state index contributed by atoms with van der Waals surface area (Å²) < 4.78 is 16.7. The summed E-state index contributed by atoms with van der Waals surface area (Å²) >= 11 is 0. The maximum Gasteiger partial charge on any atom is 0.305 e. The number of carbonyl (C=O) groups excluding carboxylic acids is 2. The fraction of sp³-hybridized carbons (Fsp3) is 0.918. The predicted molar refractivity (Wildman–Crippen MR) is 352 cm³/mol. The normalized spacial score (nSPS) is 18.1. The van der Waals surface area contributed by atoms with Gasteiger partial charge in [0, 0.05) is 12.8 Å². The second-order valence-electron chi connectivity index (χ2n) is 25.7. The van der Waals surface area contributed by atoms with Gasteiger partial charge < -0.3 is 45.1 Å². The van der Waals surface area contributed by atoms with Crippen LogP contribution in [0.5, 0.6) is 0 Å². The highest BCUT2D eigenvalue weighted by molar-refractivity contribution is 5.76. The number of amides is 1. The average Bonchev–Trinajstić information content (AvgIpc) is 3.23. The summed E-state index contributed by atoms with van der Waals surface area (Å²) in [6.45, 7) is 4.36. The number of nitrogens with one attached hydrogen (secondary N) is 1. The van der Waals surface area contributed by atoms with E-state index in [9.17, 15) is 35.1 Å². The standard InChI is InChI=1S/C73H139NO10/c1-3-5-7-9-11-13-14-41-45-49-53-57-61-69(78)82-62-58-54-50-46-42-39-37-35-33-31-29-27-25-23-21-19-17-15-16-18-20-22-24-26-28-30-32-34-36-38-40-44-48-52-56-60-68(77)74-65(66(76)59-55-51-47-43-12-10-8-6-4-2)64-83-73-72(81)71(80)70(79)67(63-75)84-73/h17,19,55,59,65-67,70-73,75-76,79-81H,3-16,18,20-54,56-58,60-64H2,1-2H3,(H,74,77)/b19-17-,59-55+. The number of aliphatic hydroxyl groups excluding tert-OH is 5. The summed E-state index contributed by atoms with van der Waals surface area (Å²) in [6, 6.07) is -0.805. The van der Waals surface area contributed by atoms with Crippen molar-refractivity contribution in [1.82, 2.24) is 5.32 Å². The summed E-state index contributed by atoms with van der Waals surface area (Å²) in [5.41, 5.74) is 0. The molecule has 496 valence electrons. The zero-order valence-corrected chi connectivity index (χ0v) is 55.1. The first-order valence-corrected chi connectivity index (χ1v) is 36.6. The van der Waals surface area contributed by atoms with E-state index in [-0.39, 0.29) is 18.5 Å². The first-order chi connectivity index (χ1) is 41.2. The van der Waals surface area contributed by atoms with Crippen molar-refractivity contribution in [2.75, 3.05) is 19.8 Å². The van der Waals surface area contributed by atoms with Gasteiger partial charge in [0.1, 0.15) is 24.4 Å². The first-order valence-electron chi connectivity index (χ1n) is 36.6. The highest BCUT2D eigenvalue weighted by Gasteiger charge is 2.44. The van der Waals surface area contributed by atoms with Crippen LogP contribution in [0.15, 0.2) is 24.3 Å². The van der Waals surface area contributed by atoms with Crippen LogP contribution in [0.2, 0.25) is 0 Å². The van der Waals surface area contributed by atoms with Gasteiger partial charge in [-0.2, -0.15) is 0 Å².